The van der Waals surface area contributed by atoms with Crippen molar-refractivity contribution in [2.24, 2.45) is 0 Å². The molecule has 1 aromatic carbocycles. The van der Waals surface area contributed by atoms with Crippen LogP contribution in [0.25, 0.3) is 0 Å². The normalized spacial score (nSPS) is 9.09. The van der Waals surface area contributed by atoms with Crippen LogP contribution in [-0.2, 0) is 0 Å². The Morgan fingerprint density at radius 3 is 2.36 bits per heavy atom. The van der Waals surface area contributed by atoms with Gasteiger partial charge in [0.05, 0.1) is 0 Å². The minimum atomic E-state index is -0.245. The molecule has 1 rings (SSSR count). The van der Waals surface area contributed by atoms with Crippen molar-refractivity contribution in [3.63, 3.8) is 0 Å². The predicted octanol–water partition coefficient (Wildman–Crippen LogP) is 1.56. The fourth-order valence-electron chi connectivity index (χ4n) is 0.722. The first-order valence-corrected chi connectivity index (χ1v) is 3.12. The Morgan fingerprint density at radius 2 is 1.91 bits per heavy atom. The molecule has 0 aromatic heterocycles. The van der Waals surface area contributed by atoms with Crippen LogP contribution >= 0.6 is 0 Å². The van der Waals surface area contributed by atoms with E-state index in [-0.39, 0.29) is 11.5 Å². The van der Waals surface area contributed by atoms with Gasteiger partial charge in [0.15, 0.2) is 5.78 Å². The van der Waals surface area contributed by atoms with Crippen molar-refractivity contribution in [2.75, 3.05) is 0 Å². The van der Waals surface area contributed by atoms with E-state index in [1.165, 1.54) is 24.3 Å². The van der Waals surface area contributed by atoms with Gasteiger partial charge in [-0.15, -0.1) is 0 Å². The zero-order valence-electron chi connectivity index (χ0n) is 5.82. The lowest BCUT2D eigenvalue weighted by Crippen LogP contribution is -1.91. The monoisotopic (exact) mass is 147 g/mol. The molecule has 1 aromatic rings. The van der Waals surface area contributed by atoms with Crippen LogP contribution in [0.2, 0.25) is 0 Å². The summed E-state index contributed by atoms with van der Waals surface area (Å²) in [6, 6.07) is 5.91. The quantitative estimate of drug-likeness (QED) is 0.509. The second kappa shape index (κ2) is 3.01. The minimum absolute atomic E-state index is 0.138. The first-order valence-electron chi connectivity index (χ1n) is 3.12. The van der Waals surface area contributed by atoms with Crippen molar-refractivity contribution in [3.8, 4) is 5.75 Å². The first kappa shape index (κ1) is 7.54. The van der Waals surface area contributed by atoms with Gasteiger partial charge in [-0.05, 0) is 30.3 Å². The number of ketones is 1. The second-order valence-corrected chi connectivity index (χ2v) is 2.08. The third-order valence-corrected chi connectivity index (χ3v) is 1.30. The van der Waals surface area contributed by atoms with Gasteiger partial charge in [0.2, 0.25) is 0 Å². The van der Waals surface area contributed by atoms with Gasteiger partial charge < -0.3 is 5.11 Å². The van der Waals surface area contributed by atoms with Crippen molar-refractivity contribution in [2.45, 2.75) is 0 Å². The third kappa shape index (κ3) is 1.67. The summed E-state index contributed by atoms with van der Waals surface area (Å²) in [4.78, 5) is 10.9. The number of phenolic OH excluding ortho intramolecular Hbond substituents is 1. The van der Waals surface area contributed by atoms with Gasteiger partial charge in [-0.2, -0.15) is 0 Å². The molecular weight excluding hydrogens is 140 g/mol. The Labute approximate surface area is 64.8 Å². The lowest BCUT2D eigenvalue weighted by atomic mass is 10.1. The molecule has 55 valence electrons. The molecule has 1 radical (unpaired) electrons. The molecule has 0 unspecified atom stereocenters. The predicted molar refractivity (Wildman–Crippen MR) is 41.3 cm³/mol. The lowest BCUT2D eigenvalue weighted by molar-refractivity contribution is 0.104. The van der Waals surface area contributed by atoms with Crippen LogP contribution in [0.4, 0.5) is 0 Å². The van der Waals surface area contributed by atoms with Gasteiger partial charge in [-0.25, -0.2) is 0 Å². The van der Waals surface area contributed by atoms with Crippen LogP contribution in [0.15, 0.2) is 30.3 Å². The van der Waals surface area contributed by atoms with Gasteiger partial charge in [0.25, 0.3) is 0 Å². The van der Waals surface area contributed by atoms with E-state index in [0.717, 1.165) is 6.08 Å². The number of benzene rings is 1. The summed E-state index contributed by atoms with van der Waals surface area (Å²) in [5, 5.41) is 8.86. The van der Waals surface area contributed by atoms with Gasteiger partial charge in [-0.3, -0.25) is 4.79 Å². The molecule has 2 nitrogen and oxygen atoms in total. The summed E-state index contributed by atoms with van der Waals surface area (Å²) in [6.07, 6.45) is 0.992. The highest BCUT2D eigenvalue weighted by atomic mass is 16.3. The maximum atomic E-state index is 10.9. The number of phenols is 1. The highest BCUT2D eigenvalue weighted by Gasteiger charge is 1.98. The number of allylic oxidation sites excluding steroid dienone is 1. The van der Waals surface area contributed by atoms with E-state index in [1.807, 2.05) is 0 Å². The Kier molecular flexibility index (Phi) is 2.06. The number of hydrogen-bond donors (Lipinski definition) is 1. The highest BCUT2D eigenvalue weighted by Crippen LogP contribution is 2.09. The van der Waals surface area contributed by atoms with Gasteiger partial charge >= 0.3 is 0 Å². The van der Waals surface area contributed by atoms with E-state index >= 15 is 0 Å². The van der Waals surface area contributed by atoms with Crippen LogP contribution in [0.5, 0.6) is 5.75 Å². The molecule has 0 aliphatic rings. The smallest absolute Gasteiger partial charge is 0.185 e. The average Bonchev–Trinajstić information content (AvgIpc) is 2.05. The Balaban J connectivity index is 2.98. The molecule has 0 spiro atoms. The average molecular weight is 147 g/mol. The van der Waals surface area contributed by atoms with Crippen LogP contribution in [0.1, 0.15) is 10.4 Å². The molecule has 0 bridgehead atoms. The van der Waals surface area contributed by atoms with E-state index in [9.17, 15) is 4.79 Å². The second-order valence-electron chi connectivity index (χ2n) is 2.08. The van der Waals surface area contributed by atoms with Crippen LogP contribution in [0.3, 0.4) is 0 Å². The summed E-state index contributed by atoms with van der Waals surface area (Å²) >= 11 is 0. The Morgan fingerprint density at radius 1 is 1.36 bits per heavy atom. The van der Waals surface area contributed by atoms with Crippen molar-refractivity contribution in [1.29, 1.82) is 0 Å². The highest BCUT2D eigenvalue weighted by molar-refractivity contribution is 6.03. The maximum Gasteiger partial charge on any atom is 0.185 e. The summed E-state index contributed by atoms with van der Waals surface area (Å²) in [6.45, 7) is 5.01. The molecule has 11 heavy (non-hydrogen) atoms. The molecule has 0 heterocycles. The maximum absolute atomic E-state index is 10.9. The van der Waals surface area contributed by atoms with Crippen molar-refractivity contribution >= 4 is 5.78 Å². The number of hydrogen-bond acceptors (Lipinski definition) is 2. The molecule has 2 heteroatoms. The molecule has 0 saturated heterocycles. The fourth-order valence-corrected chi connectivity index (χ4v) is 0.722. The van der Waals surface area contributed by atoms with Crippen LogP contribution in [0, 0.1) is 6.58 Å². The lowest BCUT2D eigenvalue weighted by Gasteiger charge is -1.94. The number of carbonyl (C=O) groups excluding carboxylic acids is 1. The Hall–Kier alpha value is -1.57. The van der Waals surface area contributed by atoms with E-state index < -0.39 is 0 Å². The van der Waals surface area contributed by atoms with E-state index in [4.69, 9.17) is 11.7 Å². The summed E-state index contributed by atoms with van der Waals surface area (Å²) < 4.78 is 0. The van der Waals surface area contributed by atoms with Gasteiger partial charge in [-0.1, -0.05) is 6.58 Å². The zero-order chi connectivity index (χ0) is 8.27. The molecule has 0 aliphatic heterocycles. The number of carbonyl (C=O) groups is 1. The van der Waals surface area contributed by atoms with Gasteiger partial charge in [0, 0.05) is 5.56 Å². The molecule has 1 N–H and O–H groups in total. The largest absolute Gasteiger partial charge is 0.508 e. The summed E-state index contributed by atoms with van der Waals surface area (Å²) in [5.41, 5.74) is 0.477. The number of rotatable bonds is 2. The molecular formula is C9H7O2. The number of aromatic hydroxyl groups is 1. The summed E-state index contributed by atoms with van der Waals surface area (Å²) in [5.74, 6) is -0.108. The van der Waals surface area contributed by atoms with Crippen molar-refractivity contribution in [3.05, 3.63) is 42.5 Å². The van der Waals surface area contributed by atoms with Crippen molar-refractivity contribution in [1.82, 2.24) is 0 Å². The Bertz CT molecular complexity index is 272. The first-order chi connectivity index (χ1) is 5.24. The molecule has 0 saturated carbocycles. The van der Waals surface area contributed by atoms with E-state index in [2.05, 4.69) is 0 Å². The fraction of sp³-hybridized carbons (Fsp3) is 0. The zero-order valence-corrected chi connectivity index (χ0v) is 5.82. The van der Waals surface area contributed by atoms with Gasteiger partial charge in [0.1, 0.15) is 5.75 Å². The molecule has 0 fully saturated rings. The van der Waals surface area contributed by atoms with E-state index in [0.29, 0.717) is 5.56 Å². The molecule has 0 aliphatic carbocycles. The van der Waals surface area contributed by atoms with Crippen molar-refractivity contribution < 1.29 is 9.90 Å². The van der Waals surface area contributed by atoms with Crippen LogP contribution in [-0.4, -0.2) is 10.9 Å². The molecule has 0 amide bonds. The van der Waals surface area contributed by atoms with E-state index in [1.54, 1.807) is 0 Å². The molecule has 0 atom stereocenters. The topological polar surface area (TPSA) is 37.3 Å². The summed E-state index contributed by atoms with van der Waals surface area (Å²) in [7, 11) is 0. The minimum Gasteiger partial charge on any atom is -0.508 e. The van der Waals surface area contributed by atoms with Crippen LogP contribution < -0.4 is 0 Å². The standard InChI is InChI=1S/C9H7O2/c1-2-9(11)7-3-5-8(10)6-4-7/h1-6,10H. The SMILES string of the molecule is [CH]=CC(=O)c1ccc(O)cc1. The third-order valence-electron chi connectivity index (χ3n) is 1.30.